The second kappa shape index (κ2) is 10.1. The van der Waals surface area contributed by atoms with Crippen LogP contribution in [0.3, 0.4) is 0 Å². The first-order valence-electron chi connectivity index (χ1n) is 9.95. The molecule has 0 amide bonds. The third-order valence-electron chi connectivity index (χ3n) is 6.65. The fraction of sp³-hybridized carbons (Fsp3) is 0.944. The lowest BCUT2D eigenvalue weighted by atomic mass is 9.56. The highest BCUT2D eigenvalue weighted by atomic mass is 127. The number of sulfonamides is 1. The molecule has 0 aromatic carbocycles. The Morgan fingerprint density at radius 3 is 2.23 bits per heavy atom. The summed E-state index contributed by atoms with van der Waals surface area (Å²) in [7, 11) is -3.53. The number of ether oxygens (including phenoxy) is 1. The number of alkyl halides is 3. The van der Waals surface area contributed by atoms with E-state index in [1.807, 2.05) is 6.92 Å². The highest BCUT2D eigenvalue weighted by Crippen LogP contribution is 2.51. The number of hydrogen-bond donors (Lipinski definition) is 2. The summed E-state index contributed by atoms with van der Waals surface area (Å²) < 4.78 is 67.2. The largest absolute Gasteiger partial charge is 0.511 e. The lowest BCUT2D eigenvalue weighted by Gasteiger charge is -2.59. The van der Waals surface area contributed by atoms with E-state index in [2.05, 4.69) is 36.4 Å². The van der Waals surface area contributed by atoms with Crippen LogP contribution in [0.25, 0.3) is 0 Å². The van der Waals surface area contributed by atoms with Gasteiger partial charge in [-0.25, -0.2) is 8.42 Å². The second-order valence-electron chi connectivity index (χ2n) is 8.57. The lowest BCUT2D eigenvalue weighted by molar-refractivity contribution is -0.176. The smallest absolute Gasteiger partial charge is 0.378 e. The highest BCUT2D eigenvalue weighted by Gasteiger charge is 2.58. The molecule has 12 heteroatoms. The molecule has 2 N–H and O–H groups in total. The van der Waals surface area contributed by atoms with Crippen molar-refractivity contribution < 1.29 is 26.3 Å². The molecule has 178 valence electrons. The average Bonchev–Trinajstić information content (AvgIpc) is 2.64. The number of halogens is 4. The minimum atomic E-state index is -5.24. The number of nitrogens with one attached hydrogen (secondary N) is 2. The predicted octanol–water partition coefficient (Wildman–Crippen LogP) is 2.92. The Kier molecular flexibility index (Phi) is 9.30. The first-order valence-corrected chi connectivity index (χ1v) is 11.4. The summed E-state index contributed by atoms with van der Waals surface area (Å²) in [4.78, 5) is 4.60. The first kappa shape index (κ1) is 27.7. The van der Waals surface area contributed by atoms with Gasteiger partial charge in [-0.05, 0) is 39.0 Å². The fourth-order valence-corrected chi connectivity index (χ4v) is 4.89. The molecule has 0 aromatic rings. The molecule has 0 aromatic heterocycles. The molecule has 0 radical (unpaired) electrons. The van der Waals surface area contributed by atoms with Crippen LogP contribution in [-0.2, 0) is 14.8 Å². The van der Waals surface area contributed by atoms with Gasteiger partial charge in [0.25, 0.3) is 0 Å². The molecule has 2 fully saturated rings. The number of nitrogens with zero attached hydrogens (tertiary/aromatic N) is 2. The molecule has 1 saturated heterocycles. The van der Waals surface area contributed by atoms with Gasteiger partial charge in [-0.15, -0.1) is 24.0 Å². The molecular weight excluding hydrogens is 536 g/mol. The van der Waals surface area contributed by atoms with E-state index in [-0.39, 0.29) is 60.0 Å². The summed E-state index contributed by atoms with van der Waals surface area (Å²) in [6, 6.07) is 0.184. The quantitative estimate of drug-likeness (QED) is 0.292. The zero-order valence-electron chi connectivity index (χ0n) is 18.2. The van der Waals surface area contributed by atoms with E-state index in [0.717, 1.165) is 6.42 Å². The van der Waals surface area contributed by atoms with Crippen molar-refractivity contribution in [1.29, 1.82) is 0 Å². The summed E-state index contributed by atoms with van der Waals surface area (Å²) in [6.07, 6.45) is 1.55. The Balaban J connectivity index is 0.00000450. The van der Waals surface area contributed by atoms with Gasteiger partial charge in [0, 0.05) is 44.7 Å². The number of aliphatic imine (C=N–C) groups is 1. The zero-order valence-corrected chi connectivity index (χ0v) is 21.3. The predicted molar refractivity (Wildman–Crippen MR) is 121 cm³/mol. The van der Waals surface area contributed by atoms with Crippen molar-refractivity contribution in [3.8, 4) is 0 Å². The van der Waals surface area contributed by atoms with Gasteiger partial charge in [0.05, 0.1) is 5.60 Å². The molecule has 1 heterocycles. The number of hydrogen-bond acceptors (Lipinski definition) is 4. The number of guanidine groups is 1. The summed E-state index contributed by atoms with van der Waals surface area (Å²) >= 11 is 0. The van der Waals surface area contributed by atoms with Crippen LogP contribution in [0.5, 0.6) is 0 Å². The van der Waals surface area contributed by atoms with Gasteiger partial charge in [0.15, 0.2) is 5.96 Å². The minimum absolute atomic E-state index is 0. The average molecular weight is 570 g/mol. The van der Waals surface area contributed by atoms with E-state index in [1.54, 1.807) is 7.11 Å². The Hall–Kier alpha value is -0.340. The van der Waals surface area contributed by atoms with E-state index in [0.29, 0.717) is 36.2 Å². The topological polar surface area (TPSA) is 83.0 Å². The molecule has 0 spiro atoms. The summed E-state index contributed by atoms with van der Waals surface area (Å²) in [5.74, 6) is 0.706. The van der Waals surface area contributed by atoms with Crippen molar-refractivity contribution in [3.63, 3.8) is 0 Å². The normalized spacial score (nSPS) is 28.4. The van der Waals surface area contributed by atoms with E-state index >= 15 is 0 Å². The molecule has 1 aliphatic carbocycles. The number of rotatable bonds is 6. The van der Waals surface area contributed by atoms with Gasteiger partial charge >= 0.3 is 15.5 Å². The summed E-state index contributed by atoms with van der Waals surface area (Å²) in [6.45, 7) is 9.17. The third-order valence-corrected chi connectivity index (χ3v) is 8.28. The van der Waals surface area contributed by atoms with Crippen LogP contribution >= 0.6 is 24.0 Å². The molecule has 2 unspecified atom stereocenters. The molecule has 0 bridgehead atoms. The maximum absolute atomic E-state index is 12.7. The van der Waals surface area contributed by atoms with Gasteiger partial charge in [-0.1, -0.05) is 13.8 Å². The highest BCUT2D eigenvalue weighted by molar-refractivity contribution is 14.0. The fourth-order valence-electron chi connectivity index (χ4n) is 3.91. The van der Waals surface area contributed by atoms with Crippen molar-refractivity contribution in [1.82, 2.24) is 14.9 Å². The molecule has 1 saturated carbocycles. The Bertz CT molecular complexity index is 710. The Morgan fingerprint density at radius 2 is 1.80 bits per heavy atom. The van der Waals surface area contributed by atoms with Crippen LogP contribution in [0.2, 0.25) is 0 Å². The number of methoxy groups -OCH3 is 1. The molecule has 7 nitrogen and oxygen atoms in total. The van der Waals surface area contributed by atoms with E-state index in [1.165, 1.54) is 0 Å². The maximum Gasteiger partial charge on any atom is 0.511 e. The third kappa shape index (κ3) is 5.52. The molecule has 1 aliphatic heterocycles. The summed E-state index contributed by atoms with van der Waals surface area (Å²) in [5.41, 5.74) is -5.54. The number of piperidine rings is 1. The van der Waals surface area contributed by atoms with Gasteiger partial charge in [-0.2, -0.15) is 17.5 Å². The van der Waals surface area contributed by atoms with Crippen LogP contribution in [0.15, 0.2) is 4.99 Å². The van der Waals surface area contributed by atoms with Crippen molar-refractivity contribution in [2.75, 3.05) is 33.3 Å². The maximum atomic E-state index is 12.7. The Morgan fingerprint density at radius 1 is 1.23 bits per heavy atom. The van der Waals surface area contributed by atoms with Gasteiger partial charge in [0.2, 0.25) is 0 Å². The van der Waals surface area contributed by atoms with Crippen molar-refractivity contribution in [2.24, 2.45) is 16.3 Å². The molecular formula is C18H34F3IN4O3S. The molecule has 2 aliphatic rings. The lowest BCUT2D eigenvalue weighted by Crippen LogP contribution is -2.69. The van der Waals surface area contributed by atoms with E-state index in [9.17, 15) is 21.6 Å². The van der Waals surface area contributed by atoms with Crippen molar-refractivity contribution in [3.05, 3.63) is 0 Å². The van der Waals surface area contributed by atoms with Crippen LogP contribution in [0, 0.1) is 11.3 Å². The Labute approximate surface area is 194 Å². The van der Waals surface area contributed by atoms with Crippen LogP contribution in [0.1, 0.15) is 47.0 Å². The van der Waals surface area contributed by atoms with Gasteiger partial charge in [0.1, 0.15) is 0 Å². The SMILES string of the molecule is CCNC(=NCC1CCN(S(=O)(=O)C(F)(F)F)CC1)NC1CC(C)(OC)C1(C)C.I. The zero-order chi connectivity index (χ0) is 22.1. The monoisotopic (exact) mass is 570 g/mol. The van der Waals surface area contributed by atoms with E-state index in [4.69, 9.17) is 4.74 Å². The minimum Gasteiger partial charge on any atom is -0.378 e. The van der Waals surface area contributed by atoms with Gasteiger partial charge < -0.3 is 15.4 Å². The molecule has 2 atom stereocenters. The van der Waals surface area contributed by atoms with Crippen molar-refractivity contribution in [2.45, 2.75) is 64.1 Å². The van der Waals surface area contributed by atoms with E-state index < -0.39 is 15.5 Å². The molecule has 30 heavy (non-hydrogen) atoms. The molecule has 2 rings (SSSR count). The van der Waals surface area contributed by atoms with Crippen LogP contribution < -0.4 is 10.6 Å². The standard InChI is InChI=1S/C18H33F3N4O3S.HI/c1-6-22-15(24-14-11-17(4,28-5)16(14,2)3)23-12-13-7-9-25(10-8-13)29(26,27)18(19,20)21;/h13-14H,6-12H2,1-5H3,(H2,22,23,24);1H. The van der Waals surface area contributed by atoms with Crippen LogP contribution in [-0.4, -0.2) is 69.1 Å². The first-order chi connectivity index (χ1) is 13.3. The van der Waals surface area contributed by atoms with Crippen molar-refractivity contribution >= 4 is 40.0 Å². The summed E-state index contributed by atoms with van der Waals surface area (Å²) in [5, 5.41) is 6.63. The van der Waals surface area contributed by atoms with Crippen LogP contribution in [0.4, 0.5) is 13.2 Å². The van der Waals surface area contributed by atoms with Gasteiger partial charge in [-0.3, -0.25) is 4.99 Å². The second-order valence-corrected chi connectivity index (χ2v) is 10.5.